The molecular weight excluding hydrogens is 516 g/mol. The van der Waals surface area contributed by atoms with E-state index in [0.717, 1.165) is 28.1 Å². The summed E-state index contributed by atoms with van der Waals surface area (Å²) in [5, 5.41) is 2.93. The molecule has 1 heterocycles. The Morgan fingerprint density at radius 3 is 2.50 bits per heavy atom. The average Bonchev–Trinajstić information content (AvgIpc) is 3.17. The molecule has 0 spiro atoms. The predicted octanol–water partition coefficient (Wildman–Crippen LogP) is 6.94. The maximum Gasteiger partial charge on any atom is 0.270 e. The van der Waals surface area contributed by atoms with Crippen LogP contribution in [0.1, 0.15) is 43.4 Å². The molecule has 0 radical (unpaired) electrons. The van der Waals surface area contributed by atoms with Gasteiger partial charge in [0.25, 0.3) is 11.8 Å². The highest BCUT2D eigenvalue weighted by Crippen LogP contribution is 2.37. The number of hydrogen-bond donors (Lipinski definition) is 1. The fraction of sp³-hybridized carbons (Fsp3) is 0.233. The van der Waals surface area contributed by atoms with Gasteiger partial charge in [0.05, 0.1) is 17.2 Å². The smallest absolute Gasteiger partial charge is 0.270 e. The lowest BCUT2D eigenvalue weighted by Gasteiger charge is -2.15. The SMILES string of the molecule is CCOc1cc(/C=C2\SC(=S)N(c3ccc(C)cc3)C2=O)ccc1OCC(=O)Nc1ccccc1C(C)C. The van der Waals surface area contributed by atoms with E-state index in [1.807, 2.05) is 68.4 Å². The lowest BCUT2D eigenvalue weighted by molar-refractivity contribution is -0.118. The summed E-state index contributed by atoms with van der Waals surface area (Å²) < 4.78 is 12.1. The van der Waals surface area contributed by atoms with E-state index in [0.29, 0.717) is 27.3 Å². The Hall–Kier alpha value is -3.62. The van der Waals surface area contributed by atoms with Crippen molar-refractivity contribution in [3.63, 3.8) is 0 Å². The normalized spacial score (nSPS) is 14.3. The van der Waals surface area contributed by atoms with Crippen LogP contribution in [0.2, 0.25) is 0 Å². The molecule has 0 aromatic heterocycles. The molecule has 6 nitrogen and oxygen atoms in total. The van der Waals surface area contributed by atoms with E-state index in [4.69, 9.17) is 21.7 Å². The van der Waals surface area contributed by atoms with E-state index in [-0.39, 0.29) is 24.3 Å². The van der Waals surface area contributed by atoms with Crippen molar-refractivity contribution in [2.45, 2.75) is 33.6 Å². The number of hydrogen-bond acceptors (Lipinski definition) is 6. The van der Waals surface area contributed by atoms with Crippen molar-refractivity contribution in [3.05, 3.63) is 88.3 Å². The minimum absolute atomic E-state index is 0.166. The van der Waals surface area contributed by atoms with Gasteiger partial charge >= 0.3 is 0 Å². The van der Waals surface area contributed by atoms with Gasteiger partial charge in [-0.3, -0.25) is 14.5 Å². The van der Waals surface area contributed by atoms with Gasteiger partial charge in [-0.05, 0) is 67.3 Å². The van der Waals surface area contributed by atoms with Crippen LogP contribution in [0.4, 0.5) is 11.4 Å². The number of thioether (sulfide) groups is 1. The quantitative estimate of drug-likeness (QED) is 0.232. The summed E-state index contributed by atoms with van der Waals surface area (Å²) in [6.07, 6.45) is 1.79. The summed E-state index contributed by atoms with van der Waals surface area (Å²) in [7, 11) is 0. The third-order valence-electron chi connectivity index (χ3n) is 5.87. The van der Waals surface area contributed by atoms with E-state index in [2.05, 4.69) is 19.2 Å². The summed E-state index contributed by atoms with van der Waals surface area (Å²) in [5.41, 5.74) is 4.46. The molecular formula is C30H30N2O4S2. The number of nitrogens with zero attached hydrogens (tertiary/aromatic N) is 1. The van der Waals surface area contributed by atoms with Crippen molar-refractivity contribution in [3.8, 4) is 11.5 Å². The lowest BCUT2D eigenvalue weighted by Crippen LogP contribution is -2.27. The molecule has 1 saturated heterocycles. The Kier molecular flexibility index (Phi) is 8.86. The highest BCUT2D eigenvalue weighted by atomic mass is 32.2. The highest BCUT2D eigenvalue weighted by molar-refractivity contribution is 8.27. The zero-order chi connectivity index (χ0) is 27.2. The number of rotatable bonds is 9. The molecule has 38 heavy (non-hydrogen) atoms. The zero-order valence-electron chi connectivity index (χ0n) is 21.8. The van der Waals surface area contributed by atoms with E-state index in [9.17, 15) is 9.59 Å². The second-order valence-electron chi connectivity index (χ2n) is 9.07. The van der Waals surface area contributed by atoms with E-state index < -0.39 is 0 Å². The maximum atomic E-state index is 13.1. The van der Waals surface area contributed by atoms with Crippen LogP contribution in [-0.2, 0) is 9.59 Å². The van der Waals surface area contributed by atoms with Crippen molar-refractivity contribution in [1.82, 2.24) is 0 Å². The van der Waals surface area contributed by atoms with E-state index in [1.165, 1.54) is 11.8 Å². The van der Waals surface area contributed by atoms with Crippen LogP contribution in [0.25, 0.3) is 6.08 Å². The number of carbonyl (C=O) groups is 2. The highest BCUT2D eigenvalue weighted by Gasteiger charge is 2.33. The van der Waals surface area contributed by atoms with Crippen molar-refractivity contribution < 1.29 is 19.1 Å². The predicted molar refractivity (Wildman–Crippen MR) is 159 cm³/mol. The molecule has 8 heteroatoms. The summed E-state index contributed by atoms with van der Waals surface area (Å²) in [5.74, 6) is 0.793. The number of benzene rings is 3. The Balaban J connectivity index is 1.47. The number of thiocarbonyl (C=S) groups is 1. The molecule has 0 unspecified atom stereocenters. The standard InChI is InChI=1S/C30H30N2O4S2/c1-5-35-26-16-21(17-27-29(34)32(30(37)38-27)22-13-10-20(4)11-14-22)12-15-25(26)36-18-28(33)31-24-9-7-6-8-23(24)19(2)3/h6-17,19H,5,18H2,1-4H3,(H,31,33)/b27-17-. The molecule has 1 fully saturated rings. The van der Waals surface area contributed by atoms with Crippen LogP contribution in [0.15, 0.2) is 71.6 Å². The molecule has 0 saturated carbocycles. The summed E-state index contributed by atoms with van der Waals surface area (Å²) in [6, 6.07) is 20.8. The third kappa shape index (κ3) is 6.44. The average molecular weight is 547 g/mol. The Labute approximate surface area is 233 Å². The van der Waals surface area contributed by atoms with Gasteiger partial charge in [0.15, 0.2) is 22.4 Å². The number of ether oxygens (including phenoxy) is 2. The van der Waals surface area contributed by atoms with Gasteiger partial charge in [-0.15, -0.1) is 0 Å². The van der Waals surface area contributed by atoms with Gasteiger partial charge in [0.2, 0.25) is 0 Å². The van der Waals surface area contributed by atoms with Crippen LogP contribution in [0, 0.1) is 6.92 Å². The first-order chi connectivity index (χ1) is 18.3. The second kappa shape index (κ2) is 12.3. The van der Waals surface area contributed by atoms with Crippen LogP contribution in [0.3, 0.4) is 0 Å². The summed E-state index contributed by atoms with van der Waals surface area (Å²) in [6.45, 7) is 8.29. The molecule has 0 aliphatic carbocycles. The number of nitrogens with one attached hydrogen (secondary N) is 1. The molecule has 3 aromatic carbocycles. The van der Waals surface area contributed by atoms with E-state index >= 15 is 0 Å². The van der Waals surface area contributed by atoms with Gasteiger partial charge in [-0.25, -0.2) is 0 Å². The number of anilines is 2. The monoisotopic (exact) mass is 546 g/mol. The van der Waals surface area contributed by atoms with Gasteiger partial charge in [0.1, 0.15) is 0 Å². The molecule has 0 atom stereocenters. The minimum atomic E-state index is -0.260. The first kappa shape index (κ1) is 27.4. The van der Waals surface area contributed by atoms with Crippen molar-refractivity contribution in [1.29, 1.82) is 0 Å². The molecule has 3 aromatic rings. The summed E-state index contributed by atoms with van der Waals surface area (Å²) in [4.78, 5) is 27.8. The Bertz CT molecular complexity index is 1380. The minimum Gasteiger partial charge on any atom is -0.490 e. The fourth-order valence-electron chi connectivity index (χ4n) is 3.98. The molecule has 0 bridgehead atoms. The largest absolute Gasteiger partial charge is 0.490 e. The molecule has 1 N–H and O–H groups in total. The van der Waals surface area contributed by atoms with Crippen LogP contribution < -0.4 is 19.7 Å². The van der Waals surface area contributed by atoms with Crippen LogP contribution >= 0.6 is 24.0 Å². The zero-order valence-corrected chi connectivity index (χ0v) is 23.4. The van der Waals surface area contributed by atoms with Gasteiger partial charge in [0, 0.05) is 5.69 Å². The van der Waals surface area contributed by atoms with Gasteiger partial charge in [-0.1, -0.05) is 79.8 Å². The van der Waals surface area contributed by atoms with Crippen molar-refractivity contribution in [2.24, 2.45) is 0 Å². The number of aryl methyl sites for hydroxylation is 1. The number of carbonyl (C=O) groups excluding carboxylic acids is 2. The molecule has 1 aliphatic heterocycles. The van der Waals surface area contributed by atoms with Gasteiger partial charge in [-0.2, -0.15) is 0 Å². The van der Waals surface area contributed by atoms with E-state index in [1.54, 1.807) is 23.1 Å². The lowest BCUT2D eigenvalue weighted by atomic mass is 10.0. The van der Waals surface area contributed by atoms with Crippen LogP contribution in [-0.4, -0.2) is 29.3 Å². The molecule has 2 amide bonds. The maximum absolute atomic E-state index is 13.1. The second-order valence-corrected chi connectivity index (χ2v) is 10.7. The molecule has 4 rings (SSSR count). The Morgan fingerprint density at radius 1 is 1.05 bits per heavy atom. The van der Waals surface area contributed by atoms with Crippen LogP contribution in [0.5, 0.6) is 11.5 Å². The van der Waals surface area contributed by atoms with Crippen molar-refractivity contribution in [2.75, 3.05) is 23.4 Å². The number of para-hydroxylation sites is 1. The fourth-order valence-corrected chi connectivity index (χ4v) is 5.28. The molecule has 1 aliphatic rings. The number of amides is 2. The third-order valence-corrected chi connectivity index (χ3v) is 7.17. The van der Waals surface area contributed by atoms with Crippen molar-refractivity contribution >= 4 is 57.6 Å². The Morgan fingerprint density at radius 2 is 1.79 bits per heavy atom. The first-order valence-corrected chi connectivity index (χ1v) is 13.6. The summed E-state index contributed by atoms with van der Waals surface area (Å²) >= 11 is 6.75. The first-order valence-electron chi connectivity index (χ1n) is 12.4. The molecule has 196 valence electrons. The van der Waals surface area contributed by atoms with Gasteiger partial charge < -0.3 is 14.8 Å². The topological polar surface area (TPSA) is 67.9 Å².